The molecule has 0 atom stereocenters. The highest BCUT2D eigenvalue weighted by atomic mass is 35.5. The molecule has 0 heterocycles. The number of aryl methyl sites for hydroxylation is 1. The van der Waals surface area contributed by atoms with Gasteiger partial charge in [0.15, 0.2) is 5.84 Å². The molecule has 0 aliphatic rings. The molecule has 0 fully saturated rings. The molecule has 0 spiro atoms. The van der Waals surface area contributed by atoms with Gasteiger partial charge in [-0.3, -0.25) is 0 Å². The molecule has 0 aromatic heterocycles. The number of benzene rings is 2. The third kappa shape index (κ3) is 3.44. The molecule has 3 N–H and O–H groups in total. The number of oxime groups is 1. The molecule has 0 unspecified atom stereocenters. The zero-order valence-corrected chi connectivity index (χ0v) is 12.1. The molecule has 0 saturated heterocycles. The van der Waals surface area contributed by atoms with E-state index in [2.05, 4.69) is 5.16 Å². The number of ether oxygens (including phenoxy) is 1. The zero-order chi connectivity index (χ0) is 15.4. The van der Waals surface area contributed by atoms with Crippen LogP contribution in [0.1, 0.15) is 16.7 Å². The number of nitrogens with zero attached hydrogens (tertiary/aromatic N) is 1. The minimum Gasteiger partial charge on any atom is -0.489 e. The lowest BCUT2D eigenvalue weighted by atomic mass is 10.1. The fraction of sp³-hybridized carbons (Fsp3) is 0.133. The first-order chi connectivity index (χ1) is 10.0. The Morgan fingerprint density at radius 1 is 1.38 bits per heavy atom. The minimum absolute atomic E-state index is 0.0196. The predicted octanol–water partition coefficient (Wildman–Crippen LogP) is 3.46. The summed E-state index contributed by atoms with van der Waals surface area (Å²) in [5.41, 5.74) is 7.26. The van der Waals surface area contributed by atoms with Gasteiger partial charge < -0.3 is 15.7 Å². The molecule has 0 saturated carbocycles. The third-order valence-electron chi connectivity index (χ3n) is 3.01. The van der Waals surface area contributed by atoms with E-state index in [0.29, 0.717) is 16.9 Å². The van der Waals surface area contributed by atoms with Crippen molar-refractivity contribution in [1.82, 2.24) is 0 Å². The molecule has 2 rings (SSSR count). The van der Waals surface area contributed by atoms with Crippen LogP contribution in [0.3, 0.4) is 0 Å². The van der Waals surface area contributed by atoms with Gasteiger partial charge in [0.25, 0.3) is 0 Å². The molecule has 21 heavy (non-hydrogen) atoms. The van der Waals surface area contributed by atoms with E-state index < -0.39 is 5.82 Å². The van der Waals surface area contributed by atoms with Gasteiger partial charge in [-0.1, -0.05) is 41.0 Å². The summed E-state index contributed by atoms with van der Waals surface area (Å²) in [4.78, 5) is 0. The highest BCUT2D eigenvalue weighted by Crippen LogP contribution is 2.23. The first kappa shape index (κ1) is 15.1. The average molecular weight is 309 g/mol. The van der Waals surface area contributed by atoms with Gasteiger partial charge in [-0.05, 0) is 24.6 Å². The quantitative estimate of drug-likeness (QED) is 0.393. The number of halogens is 2. The normalized spacial score (nSPS) is 11.5. The fourth-order valence-electron chi connectivity index (χ4n) is 1.79. The minimum atomic E-state index is -0.496. The molecule has 0 bridgehead atoms. The zero-order valence-electron chi connectivity index (χ0n) is 11.3. The van der Waals surface area contributed by atoms with Crippen LogP contribution in [0.25, 0.3) is 0 Å². The van der Waals surface area contributed by atoms with Crippen LogP contribution in [0.4, 0.5) is 4.39 Å². The SMILES string of the molecule is Cc1ccc(/C(N)=N/O)cc1OCc1cccc(Cl)c1F. The second kappa shape index (κ2) is 6.45. The Balaban J connectivity index is 2.22. The Hall–Kier alpha value is -2.27. The third-order valence-corrected chi connectivity index (χ3v) is 3.30. The summed E-state index contributed by atoms with van der Waals surface area (Å²) in [6.07, 6.45) is 0. The van der Waals surface area contributed by atoms with Crippen molar-refractivity contribution in [3.05, 3.63) is 63.9 Å². The van der Waals surface area contributed by atoms with Crippen molar-refractivity contribution in [3.8, 4) is 5.75 Å². The largest absolute Gasteiger partial charge is 0.489 e. The predicted molar refractivity (Wildman–Crippen MR) is 79.4 cm³/mol. The smallest absolute Gasteiger partial charge is 0.170 e. The van der Waals surface area contributed by atoms with Gasteiger partial charge in [0.1, 0.15) is 18.2 Å². The van der Waals surface area contributed by atoms with Crippen molar-refractivity contribution >= 4 is 17.4 Å². The highest BCUT2D eigenvalue weighted by Gasteiger charge is 2.09. The summed E-state index contributed by atoms with van der Waals surface area (Å²) in [5, 5.41) is 11.7. The van der Waals surface area contributed by atoms with Gasteiger partial charge in [-0.15, -0.1) is 0 Å². The molecule has 0 radical (unpaired) electrons. The summed E-state index contributed by atoms with van der Waals surface area (Å²) in [7, 11) is 0. The molecule has 110 valence electrons. The second-order valence-electron chi connectivity index (χ2n) is 4.47. The van der Waals surface area contributed by atoms with E-state index in [0.717, 1.165) is 5.56 Å². The van der Waals surface area contributed by atoms with Crippen molar-refractivity contribution < 1.29 is 14.3 Å². The van der Waals surface area contributed by atoms with Gasteiger partial charge in [0.2, 0.25) is 0 Å². The first-order valence-corrected chi connectivity index (χ1v) is 6.55. The summed E-state index contributed by atoms with van der Waals surface area (Å²) in [5.74, 6) is 0.0108. The van der Waals surface area contributed by atoms with Crippen LogP contribution in [-0.4, -0.2) is 11.0 Å². The monoisotopic (exact) mass is 308 g/mol. The lowest BCUT2D eigenvalue weighted by Gasteiger charge is -2.11. The topological polar surface area (TPSA) is 67.8 Å². The molecule has 0 aliphatic carbocycles. The Bertz CT molecular complexity index is 689. The number of hydrogen-bond donors (Lipinski definition) is 2. The molecular formula is C15H14ClFN2O2. The Morgan fingerprint density at radius 3 is 2.86 bits per heavy atom. The number of hydrogen-bond acceptors (Lipinski definition) is 3. The van der Waals surface area contributed by atoms with E-state index >= 15 is 0 Å². The molecule has 2 aromatic rings. The van der Waals surface area contributed by atoms with Crippen LogP contribution in [0.5, 0.6) is 5.75 Å². The highest BCUT2D eigenvalue weighted by molar-refractivity contribution is 6.30. The van der Waals surface area contributed by atoms with Gasteiger partial charge >= 0.3 is 0 Å². The maximum absolute atomic E-state index is 13.8. The lowest BCUT2D eigenvalue weighted by molar-refractivity contribution is 0.297. The van der Waals surface area contributed by atoms with Crippen molar-refractivity contribution in [2.75, 3.05) is 0 Å². The van der Waals surface area contributed by atoms with Crippen LogP contribution in [0.15, 0.2) is 41.6 Å². The van der Waals surface area contributed by atoms with Gasteiger partial charge in [-0.25, -0.2) is 4.39 Å². The van der Waals surface area contributed by atoms with Crippen LogP contribution in [-0.2, 0) is 6.61 Å². The average Bonchev–Trinajstić information content (AvgIpc) is 2.49. The first-order valence-electron chi connectivity index (χ1n) is 6.17. The van der Waals surface area contributed by atoms with Crippen LogP contribution in [0, 0.1) is 12.7 Å². The van der Waals surface area contributed by atoms with Crippen molar-refractivity contribution in [1.29, 1.82) is 0 Å². The summed E-state index contributed by atoms with van der Waals surface area (Å²) < 4.78 is 19.4. The van der Waals surface area contributed by atoms with E-state index in [1.807, 2.05) is 6.92 Å². The van der Waals surface area contributed by atoms with E-state index in [9.17, 15) is 4.39 Å². The molecular weight excluding hydrogens is 295 g/mol. The summed E-state index contributed by atoms with van der Waals surface area (Å²) in [6.45, 7) is 1.88. The summed E-state index contributed by atoms with van der Waals surface area (Å²) in [6, 6.07) is 9.85. The van der Waals surface area contributed by atoms with Gasteiger partial charge in [0, 0.05) is 11.1 Å². The Morgan fingerprint density at radius 2 is 2.14 bits per heavy atom. The van der Waals surface area contributed by atoms with Crippen molar-refractivity contribution in [2.24, 2.45) is 10.9 Å². The van der Waals surface area contributed by atoms with E-state index in [-0.39, 0.29) is 17.5 Å². The maximum Gasteiger partial charge on any atom is 0.170 e. The molecule has 0 aliphatic heterocycles. The Kier molecular flexibility index (Phi) is 4.65. The van der Waals surface area contributed by atoms with E-state index in [1.165, 1.54) is 6.07 Å². The standard InChI is InChI=1S/C15H14ClFN2O2/c1-9-5-6-10(15(18)19-20)7-13(9)21-8-11-3-2-4-12(16)14(11)17/h2-7,20H,8H2,1H3,(H2,18,19). The molecule has 0 amide bonds. The molecule has 4 nitrogen and oxygen atoms in total. The number of nitrogens with two attached hydrogens (primary N) is 1. The van der Waals surface area contributed by atoms with Crippen LogP contribution >= 0.6 is 11.6 Å². The van der Waals surface area contributed by atoms with E-state index in [4.69, 9.17) is 27.3 Å². The molecule has 2 aromatic carbocycles. The van der Waals surface area contributed by atoms with Gasteiger partial charge in [-0.2, -0.15) is 0 Å². The maximum atomic E-state index is 13.8. The second-order valence-corrected chi connectivity index (χ2v) is 4.87. The number of amidine groups is 1. The van der Waals surface area contributed by atoms with E-state index in [1.54, 1.807) is 30.3 Å². The Labute approximate surface area is 126 Å². The van der Waals surface area contributed by atoms with Crippen LogP contribution in [0.2, 0.25) is 5.02 Å². The van der Waals surface area contributed by atoms with Gasteiger partial charge in [0.05, 0.1) is 5.02 Å². The van der Waals surface area contributed by atoms with Crippen LogP contribution < -0.4 is 10.5 Å². The lowest BCUT2D eigenvalue weighted by Crippen LogP contribution is -2.13. The fourth-order valence-corrected chi connectivity index (χ4v) is 1.98. The van der Waals surface area contributed by atoms with Crippen molar-refractivity contribution in [2.45, 2.75) is 13.5 Å². The molecule has 6 heteroatoms. The van der Waals surface area contributed by atoms with Crippen molar-refractivity contribution in [3.63, 3.8) is 0 Å². The number of rotatable bonds is 4. The summed E-state index contributed by atoms with van der Waals surface area (Å²) >= 11 is 5.72.